The summed E-state index contributed by atoms with van der Waals surface area (Å²) in [5.74, 6) is -0.0574. The first-order chi connectivity index (χ1) is 14.4. The molecule has 0 N–H and O–H groups in total. The molecule has 0 radical (unpaired) electrons. The van der Waals surface area contributed by atoms with Crippen LogP contribution in [0.3, 0.4) is 0 Å². The molecule has 0 spiro atoms. The molecule has 1 unspecified atom stereocenters. The summed E-state index contributed by atoms with van der Waals surface area (Å²) in [6, 6.07) is 10.1. The van der Waals surface area contributed by atoms with Crippen molar-refractivity contribution in [3.63, 3.8) is 0 Å². The predicted molar refractivity (Wildman–Crippen MR) is 127 cm³/mol. The third kappa shape index (κ3) is 5.69. The number of oxazole rings is 1. The lowest BCUT2D eigenvalue weighted by Crippen LogP contribution is -2.42. The zero-order valence-corrected chi connectivity index (χ0v) is 21.1. The number of carbonyl (C=O) groups excluding carboxylic acids is 1. The molecule has 0 bridgehead atoms. The van der Waals surface area contributed by atoms with Crippen molar-refractivity contribution < 1.29 is 18.4 Å². The molecule has 0 aliphatic heterocycles. The Morgan fingerprint density at radius 2 is 1.77 bits per heavy atom. The molecule has 0 fully saturated rings. The first-order valence-electron chi connectivity index (χ1n) is 10.1. The Balaban J connectivity index is 1.72. The molecule has 166 valence electrons. The number of esters is 1. The van der Waals surface area contributed by atoms with Gasteiger partial charge in [-0.15, -0.1) is 0 Å². The highest BCUT2D eigenvalue weighted by atomic mass is 35.5. The van der Waals surface area contributed by atoms with E-state index in [0.717, 1.165) is 0 Å². The van der Waals surface area contributed by atoms with E-state index in [2.05, 4.69) is 38.8 Å². The van der Waals surface area contributed by atoms with Crippen molar-refractivity contribution in [2.24, 2.45) is 0 Å². The van der Waals surface area contributed by atoms with E-state index in [4.69, 9.17) is 36.8 Å². The van der Waals surface area contributed by atoms with Crippen LogP contribution in [-0.2, 0) is 9.16 Å². The largest absolute Gasteiger partial charge is 0.457 e. The smallest absolute Gasteiger partial charge is 0.338 e. The molecule has 8 heteroatoms. The average molecular weight is 480 g/mol. The van der Waals surface area contributed by atoms with Crippen molar-refractivity contribution in [1.29, 1.82) is 0 Å². The van der Waals surface area contributed by atoms with Crippen molar-refractivity contribution >= 4 is 48.6 Å². The van der Waals surface area contributed by atoms with E-state index >= 15 is 0 Å². The van der Waals surface area contributed by atoms with E-state index in [9.17, 15) is 4.79 Å². The summed E-state index contributed by atoms with van der Waals surface area (Å²) in [5, 5.41) is 1.07. The first kappa shape index (κ1) is 23.8. The van der Waals surface area contributed by atoms with Gasteiger partial charge in [-0.25, -0.2) is 9.78 Å². The highest BCUT2D eigenvalue weighted by molar-refractivity contribution is 6.74. The summed E-state index contributed by atoms with van der Waals surface area (Å²) < 4.78 is 17.6. The van der Waals surface area contributed by atoms with E-state index < -0.39 is 14.3 Å². The number of carbonyl (C=O) groups is 1. The van der Waals surface area contributed by atoms with E-state index in [-0.39, 0.29) is 11.1 Å². The topological polar surface area (TPSA) is 61.6 Å². The molecule has 1 aromatic heterocycles. The summed E-state index contributed by atoms with van der Waals surface area (Å²) in [6.45, 7) is 13.1. The highest BCUT2D eigenvalue weighted by Gasteiger charge is 2.37. The second kappa shape index (κ2) is 8.94. The fourth-order valence-corrected chi connectivity index (χ4v) is 4.29. The van der Waals surface area contributed by atoms with Crippen LogP contribution < -0.4 is 0 Å². The summed E-state index contributed by atoms with van der Waals surface area (Å²) in [5.41, 5.74) is 2.15. The van der Waals surface area contributed by atoms with Gasteiger partial charge in [0.05, 0.1) is 12.2 Å². The molecule has 0 aliphatic carbocycles. The maximum Gasteiger partial charge on any atom is 0.338 e. The molecule has 5 nitrogen and oxygen atoms in total. The Bertz CT molecular complexity index is 1080. The first-order valence-corrected chi connectivity index (χ1v) is 13.7. The molecule has 2 aromatic carbocycles. The van der Waals surface area contributed by atoms with Crippen LogP contribution in [0.25, 0.3) is 22.6 Å². The van der Waals surface area contributed by atoms with E-state index in [0.29, 0.717) is 44.8 Å². The zero-order chi connectivity index (χ0) is 23.0. The molecule has 0 saturated heterocycles. The lowest BCUT2D eigenvalue weighted by molar-refractivity contribution is 0.0212. The van der Waals surface area contributed by atoms with Crippen LogP contribution in [0, 0.1) is 0 Å². The summed E-state index contributed by atoms with van der Waals surface area (Å²) in [6.07, 6.45) is -0.365. The minimum absolute atomic E-state index is 0.0962. The van der Waals surface area contributed by atoms with Gasteiger partial charge in [0.15, 0.2) is 13.9 Å². The fraction of sp³-hybridized carbons (Fsp3) is 0.391. The molecule has 0 aliphatic rings. The lowest BCUT2D eigenvalue weighted by atomic mass is 10.2. The summed E-state index contributed by atoms with van der Waals surface area (Å²) in [7, 11) is -1.91. The van der Waals surface area contributed by atoms with Crippen LogP contribution in [0.4, 0.5) is 0 Å². The van der Waals surface area contributed by atoms with Crippen LogP contribution in [0.15, 0.2) is 40.8 Å². The van der Waals surface area contributed by atoms with Crippen molar-refractivity contribution in [3.05, 3.63) is 52.0 Å². The Morgan fingerprint density at radius 1 is 1.13 bits per heavy atom. The van der Waals surface area contributed by atoms with Crippen LogP contribution >= 0.6 is 23.2 Å². The Hall–Kier alpha value is -1.86. The molecule has 1 heterocycles. The van der Waals surface area contributed by atoms with Crippen molar-refractivity contribution in [3.8, 4) is 11.5 Å². The molecule has 3 aromatic rings. The maximum absolute atomic E-state index is 12.6. The number of ether oxygens (including phenoxy) is 1. The van der Waals surface area contributed by atoms with Crippen LogP contribution in [-0.4, -0.2) is 32.0 Å². The standard InChI is InChI=1S/C23H27Cl2NO4Si/c1-14(13-28-31(5,6)23(2,3)4)29-22(27)15-7-8-19-20(11-15)30-21(26-19)16-9-17(24)12-18(25)10-16/h7-12,14H,13H2,1-6H3. The van der Waals surface area contributed by atoms with Crippen LogP contribution in [0.1, 0.15) is 38.1 Å². The predicted octanol–water partition coefficient (Wildman–Crippen LogP) is 7.37. The summed E-state index contributed by atoms with van der Waals surface area (Å²) >= 11 is 12.1. The number of hydrogen-bond donors (Lipinski definition) is 0. The van der Waals surface area contributed by atoms with Crippen LogP contribution in [0.5, 0.6) is 0 Å². The quantitative estimate of drug-likeness (QED) is 0.272. The van der Waals surface area contributed by atoms with Crippen molar-refractivity contribution in [1.82, 2.24) is 4.98 Å². The molecular weight excluding hydrogens is 453 g/mol. The van der Waals surface area contributed by atoms with Crippen LogP contribution in [0.2, 0.25) is 28.2 Å². The minimum atomic E-state index is -1.91. The molecule has 1 atom stereocenters. The Labute approximate surface area is 193 Å². The number of halogens is 2. The lowest BCUT2D eigenvalue weighted by Gasteiger charge is -2.36. The van der Waals surface area contributed by atoms with Crippen molar-refractivity contribution in [2.75, 3.05) is 6.61 Å². The van der Waals surface area contributed by atoms with Gasteiger partial charge in [0.2, 0.25) is 5.89 Å². The minimum Gasteiger partial charge on any atom is -0.457 e. The second-order valence-electron chi connectivity index (χ2n) is 9.15. The SMILES string of the molecule is CC(CO[Si](C)(C)C(C)(C)C)OC(=O)c1ccc2nc(-c3cc(Cl)cc(Cl)c3)oc2c1. The number of hydrogen-bond acceptors (Lipinski definition) is 5. The van der Waals surface area contributed by atoms with Gasteiger partial charge in [0.1, 0.15) is 11.6 Å². The molecule has 0 amide bonds. The number of rotatable bonds is 6. The third-order valence-corrected chi connectivity index (χ3v) is 10.5. The average Bonchev–Trinajstić information content (AvgIpc) is 3.08. The van der Waals surface area contributed by atoms with Gasteiger partial charge in [-0.1, -0.05) is 44.0 Å². The van der Waals surface area contributed by atoms with Gasteiger partial charge in [0, 0.05) is 15.6 Å². The van der Waals surface area contributed by atoms with E-state index in [1.165, 1.54) is 0 Å². The normalized spacial score (nSPS) is 13.4. The molecule has 0 saturated carbocycles. The fourth-order valence-electron chi connectivity index (χ4n) is 2.68. The Morgan fingerprint density at radius 3 is 2.39 bits per heavy atom. The summed E-state index contributed by atoms with van der Waals surface area (Å²) in [4.78, 5) is 17.1. The molecular formula is C23H27Cl2NO4Si. The molecule has 31 heavy (non-hydrogen) atoms. The van der Waals surface area contributed by atoms with Gasteiger partial charge in [-0.05, 0) is 61.5 Å². The number of nitrogens with zero attached hydrogens (tertiary/aromatic N) is 1. The number of fused-ring (bicyclic) bond motifs is 1. The van der Waals surface area contributed by atoms with E-state index in [1.54, 1.807) is 36.4 Å². The van der Waals surface area contributed by atoms with Crippen molar-refractivity contribution in [2.45, 2.75) is 51.9 Å². The second-order valence-corrected chi connectivity index (χ2v) is 14.8. The van der Waals surface area contributed by atoms with Gasteiger partial charge in [-0.3, -0.25) is 0 Å². The number of aromatic nitrogens is 1. The van der Waals surface area contributed by atoms with Gasteiger partial charge < -0.3 is 13.6 Å². The third-order valence-electron chi connectivity index (χ3n) is 5.53. The monoisotopic (exact) mass is 479 g/mol. The van der Waals surface area contributed by atoms with Gasteiger partial charge in [0.25, 0.3) is 0 Å². The van der Waals surface area contributed by atoms with Gasteiger partial charge in [-0.2, -0.15) is 0 Å². The maximum atomic E-state index is 12.6. The van der Waals surface area contributed by atoms with E-state index in [1.807, 2.05) is 6.92 Å². The Kier molecular flexibility index (Phi) is 6.86. The van der Waals surface area contributed by atoms with Gasteiger partial charge >= 0.3 is 5.97 Å². The number of benzene rings is 2. The highest BCUT2D eigenvalue weighted by Crippen LogP contribution is 2.36. The zero-order valence-electron chi connectivity index (χ0n) is 18.6. The molecule has 3 rings (SSSR count).